The number of hydrogen-bond acceptors (Lipinski definition) is 5. The van der Waals surface area contributed by atoms with Gasteiger partial charge in [-0.05, 0) is 66.2 Å². The molecule has 0 spiro atoms. The second-order valence-electron chi connectivity index (χ2n) is 6.74. The third kappa shape index (κ3) is 11.5. The van der Waals surface area contributed by atoms with Gasteiger partial charge in [0.1, 0.15) is 0 Å². The molecule has 2 unspecified atom stereocenters. The Morgan fingerprint density at radius 2 is 1.33 bits per heavy atom. The quantitative estimate of drug-likeness (QED) is 0.336. The fraction of sp³-hybridized carbons (Fsp3) is 0.889. The van der Waals surface area contributed by atoms with Crippen molar-refractivity contribution in [2.24, 2.45) is 0 Å². The summed E-state index contributed by atoms with van der Waals surface area (Å²) in [5, 5.41) is 12.5. The molecule has 0 bridgehead atoms. The van der Waals surface area contributed by atoms with Gasteiger partial charge in [-0.1, -0.05) is 20.3 Å². The Morgan fingerprint density at radius 1 is 0.833 bits per heavy atom. The number of nitrogens with one attached hydrogen (secondary N) is 4. The molecule has 0 saturated heterocycles. The Bertz CT molecular complexity index is 348. The van der Waals surface area contributed by atoms with Gasteiger partial charge in [-0.25, -0.2) is 0 Å². The second kappa shape index (κ2) is 14.4. The van der Waals surface area contributed by atoms with E-state index in [1.807, 2.05) is 27.9 Å². The zero-order valence-corrected chi connectivity index (χ0v) is 16.2. The SMILES string of the molecule is CNCCCCC(NC(=O)C(CCCCNC)NC(C)C)C(C)=O. The van der Waals surface area contributed by atoms with Crippen LogP contribution in [-0.2, 0) is 9.59 Å². The third-order valence-corrected chi connectivity index (χ3v) is 4.00. The lowest BCUT2D eigenvalue weighted by Crippen LogP contribution is -2.51. The van der Waals surface area contributed by atoms with Gasteiger partial charge >= 0.3 is 0 Å². The molecule has 0 aliphatic rings. The summed E-state index contributed by atoms with van der Waals surface area (Å²) < 4.78 is 0. The van der Waals surface area contributed by atoms with Gasteiger partial charge in [-0.15, -0.1) is 0 Å². The summed E-state index contributed by atoms with van der Waals surface area (Å²) in [7, 11) is 3.85. The van der Waals surface area contributed by atoms with Crippen molar-refractivity contribution in [3.8, 4) is 0 Å². The fourth-order valence-corrected chi connectivity index (χ4v) is 2.64. The highest BCUT2D eigenvalue weighted by Crippen LogP contribution is 2.06. The van der Waals surface area contributed by atoms with Gasteiger partial charge in [0, 0.05) is 6.04 Å². The van der Waals surface area contributed by atoms with Crippen LogP contribution in [0.5, 0.6) is 0 Å². The van der Waals surface area contributed by atoms with Crippen molar-refractivity contribution in [3.05, 3.63) is 0 Å². The van der Waals surface area contributed by atoms with Crippen LogP contribution in [0.1, 0.15) is 59.3 Å². The highest BCUT2D eigenvalue weighted by Gasteiger charge is 2.23. The molecule has 6 nitrogen and oxygen atoms in total. The van der Waals surface area contributed by atoms with E-state index in [9.17, 15) is 9.59 Å². The molecule has 1 amide bonds. The molecule has 0 aliphatic heterocycles. The first-order valence-corrected chi connectivity index (χ1v) is 9.28. The van der Waals surface area contributed by atoms with Crippen LogP contribution in [0, 0.1) is 0 Å². The summed E-state index contributed by atoms with van der Waals surface area (Å²) in [4.78, 5) is 24.4. The second-order valence-corrected chi connectivity index (χ2v) is 6.74. The van der Waals surface area contributed by atoms with Gasteiger partial charge in [-0.2, -0.15) is 0 Å². The van der Waals surface area contributed by atoms with Gasteiger partial charge in [0.15, 0.2) is 5.78 Å². The topological polar surface area (TPSA) is 82.3 Å². The van der Waals surface area contributed by atoms with Crippen LogP contribution >= 0.6 is 0 Å². The molecule has 0 aromatic rings. The maximum Gasteiger partial charge on any atom is 0.237 e. The van der Waals surface area contributed by atoms with Crippen LogP contribution in [0.2, 0.25) is 0 Å². The van der Waals surface area contributed by atoms with E-state index in [1.165, 1.54) is 0 Å². The molecule has 4 N–H and O–H groups in total. The highest BCUT2D eigenvalue weighted by atomic mass is 16.2. The Kier molecular flexibility index (Phi) is 13.8. The molecule has 142 valence electrons. The predicted molar refractivity (Wildman–Crippen MR) is 100 cm³/mol. The molecule has 0 rings (SSSR count). The lowest BCUT2D eigenvalue weighted by Gasteiger charge is -2.24. The van der Waals surface area contributed by atoms with Crippen LogP contribution < -0.4 is 21.3 Å². The zero-order chi connectivity index (χ0) is 18.4. The lowest BCUT2D eigenvalue weighted by molar-refractivity contribution is -0.128. The Balaban J connectivity index is 4.51. The minimum Gasteiger partial charge on any atom is -0.345 e. The molecular weight excluding hydrogens is 304 g/mol. The Morgan fingerprint density at radius 3 is 1.75 bits per heavy atom. The monoisotopic (exact) mass is 342 g/mol. The summed E-state index contributed by atoms with van der Waals surface area (Å²) >= 11 is 0. The molecule has 0 heterocycles. The van der Waals surface area contributed by atoms with Crippen LogP contribution in [0.25, 0.3) is 0 Å². The molecule has 2 atom stereocenters. The predicted octanol–water partition coefficient (Wildman–Crippen LogP) is 1.21. The van der Waals surface area contributed by atoms with E-state index in [-0.39, 0.29) is 29.8 Å². The molecule has 0 aromatic carbocycles. The number of Topliss-reactive ketones (excluding diaryl/α,β-unsaturated/α-hetero) is 1. The zero-order valence-electron chi connectivity index (χ0n) is 16.2. The maximum absolute atomic E-state index is 12.6. The average Bonchev–Trinajstić information content (AvgIpc) is 2.52. The van der Waals surface area contributed by atoms with Crippen molar-refractivity contribution in [3.63, 3.8) is 0 Å². The van der Waals surface area contributed by atoms with Gasteiger partial charge in [0.25, 0.3) is 0 Å². The molecule has 0 aromatic heterocycles. The molecular formula is C18H38N4O2. The van der Waals surface area contributed by atoms with Crippen LogP contribution in [0.4, 0.5) is 0 Å². The average molecular weight is 343 g/mol. The van der Waals surface area contributed by atoms with Gasteiger partial charge in [-0.3, -0.25) is 9.59 Å². The third-order valence-electron chi connectivity index (χ3n) is 4.00. The minimum atomic E-state index is -0.372. The summed E-state index contributed by atoms with van der Waals surface area (Å²) in [6, 6.07) is -0.374. The number of carbonyl (C=O) groups is 2. The maximum atomic E-state index is 12.6. The first kappa shape index (κ1) is 23.0. The first-order chi connectivity index (χ1) is 11.4. The van der Waals surface area contributed by atoms with Crippen molar-refractivity contribution in [2.45, 2.75) is 77.4 Å². The summed E-state index contributed by atoms with van der Waals surface area (Å²) in [5.41, 5.74) is 0. The van der Waals surface area contributed by atoms with Gasteiger partial charge in [0.05, 0.1) is 12.1 Å². The van der Waals surface area contributed by atoms with Crippen molar-refractivity contribution in [1.82, 2.24) is 21.3 Å². The van der Waals surface area contributed by atoms with E-state index in [2.05, 4.69) is 21.3 Å². The van der Waals surface area contributed by atoms with Gasteiger partial charge in [0.2, 0.25) is 5.91 Å². The standard InChI is InChI=1S/C18H38N4O2/c1-14(2)21-17(11-7-9-13-20-5)18(24)22-16(15(3)23)10-6-8-12-19-4/h14,16-17,19-21H,6-13H2,1-5H3,(H,22,24). The van der Waals surface area contributed by atoms with Crippen LogP contribution in [0.3, 0.4) is 0 Å². The summed E-state index contributed by atoms with van der Waals surface area (Å²) in [6.45, 7) is 7.52. The first-order valence-electron chi connectivity index (χ1n) is 9.28. The van der Waals surface area contributed by atoms with E-state index >= 15 is 0 Å². The van der Waals surface area contributed by atoms with Crippen molar-refractivity contribution >= 4 is 11.7 Å². The highest BCUT2D eigenvalue weighted by molar-refractivity contribution is 5.89. The molecule has 0 radical (unpaired) electrons. The Hall–Kier alpha value is -0.980. The molecule has 0 saturated carbocycles. The van der Waals surface area contributed by atoms with Crippen LogP contribution in [0.15, 0.2) is 0 Å². The van der Waals surface area contributed by atoms with E-state index in [4.69, 9.17) is 0 Å². The fourth-order valence-electron chi connectivity index (χ4n) is 2.64. The number of carbonyl (C=O) groups excluding carboxylic acids is 2. The Labute approximate surface area is 147 Å². The molecule has 6 heteroatoms. The van der Waals surface area contributed by atoms with E-state index in [0.29, 0.717) is 6.42 Å². The smallest absolute Gasteiger partial charge is 0.237 e. The van der Waals surface area contributed by atoms with Crippen molar-refractivity contribution in [2.75, 3.05) is 27.2 Å². The molecule has 0 aliphatic carbocycles. The largest absolute Gasteiger partial charge is 0.345 e. The normalized spacial score (nSPS) is 13.8. The van der Waals surface area contributed by atoms with E-state index in [1.54, 1.807) is 6.92 Å². The van der Waals surface area contributed by atoms with Gasteiger partial charge < -0.3 is 21.3 Å². The van der Waals surface area contributed by atoms with Crippen LogP contribution in [-0.4, -0.2) is 57.0 Å². The molecule has 24 heavy (non-hydrogen) atoms. The number of hydrogen-bond donors (Lipinski definition) is 4. The van der Waals surface area contributed by atoms with Crippen molar-refractivity contribution < 1.29 is 9.59 Å². The summed E-state index contributed by atoms with van der Waals surface area (Å²) in [5.74, 6) is -0.0201. The van der Waals surface area contributed by atoms with Crippen molar-refractivity contribution in [1.29, 1.82) is 0 Å². The molecule has 0 fully saturated rings. The number of rotatable bonds is 15. The number of amides is 1. The van der Waals surface area contributed by atoms with E-state index < -0.39 is 0 Å². The summed E-state index contributed by atoms with van der Waals surface area (Å²) in [6.07, 6.45) is 5.45. The number of ketones is 1. The number of unbranched alkanes of at least 4 members (excludes halogenated alkanes) is 2. The van der Waals surface area contributed by atoms with E-state index in [0.717, 1.165) is 45.2 Å². The minimum absolute atomic E-state index is 0.0336. The lowest BCUT2D eigenvalue weighted by atomic mass is 10.0.